The van der Waals surface area contributed by atoms with Gasteiger partial charge in [0.25, 0.3) is 0 Å². The molecule has 0 aliphatic carbocycles. The van der Waals surface area contributed by atoms with Crippen molar-refractivity contribution < 1.29 is 0 Å². The Hall–Kier alpha value is -1.88. The van der Waals surface area contributed by atoms with Gasteiger partial charge in [0.05, 0.1) is 11.4 Å². The molecule has 22 heavy (non-hydrogen) atoms. The van der Waals surface area contributed by atoms with Crippen molar-refractivity contribution >= 4 is 5.82 Å². The number of hydrogen-bond acceptors (Lipinski definition) is 4. The lowest BCUT2D eigenvalue weighted by Crippen LogP contribution is -2.22. The van der Waals surface area contributed by atoms with Crippen LogP contribution in [0.4, 0.5) is 5.82 Å². The lowest BCUT2D eigenvalue weighted by atomic mass is 10.0. The summed E-state index contributed by atoms with van der Waals surface area (Å²) in [5, 5.41) is 8.28. The first-order chi connectivity index (χ1) is 10.4. The van der Waals surface area contributed by atoms with Gasteiger partial charge in [-0.1, -0.05) is 19.9 Å². The summed E-state index contributed by atoms with van der Waals surface area (Å²) in [4.78, 5) is 6.54. The quantitative estimate of drug-likeness (QED) is 0.891. The molecular weight excluding hydrogens is 274 g/mol. The van der Waals surface area contributed by atoms with Crippen molar-refractivity contribution in [3.63, 3.8) is 0 Å². The molecule has 120 valence electrons. The topological polar surface area (TPSA) is 46.0 Å². The van der Waals surface area contributed by atoms with Gasteiger partial charge in [-0.2, -0.15) is 5.10 Å². The fraction of sp³-hybridized carbons (Fsp3) is 0.529. The zero-order valence-electron chi connectivity index (χ0n) is 14.5. The van der Waals surface area contributed by atoms with Gasteiger partial charge in [-0.25, -0.2) is 0 Å². The second-order valence-corrected chi connectivity index (χ2v) is 6.22. The number of nitrogens with zero attached hydrogens (tertiary/aromatic N) is 4. The molecule has 0 radical (unpaired) electrons. The summed E-state index contributed by atoms with van der Waals surface area (Å²) in [7, 11) is 6.13. The number of aryl methyl sites for hydroxylation is 1. The summed E-state index contributed by atoms with van der Waals surface area (Å²) < 4.78 is 1.97. The van der Waals surface area contributed by atoms with Gasteiger partial charge < -0.3 is 10.2 Å². The first-order valence-electron chi connectivity index (χ1n) is 7.79. The van der Waals surface area contributed by atoms with Crippen LogP contribution in [0, 0.1) is 0 Å². The van der Waals surface area contributed by atoms with E-state index in [1.165, 1.54) is 5.56 Å². The fourth-order valence-corrected chi connectivity index (χ4v) is 2.76. The average molecular weight is 301 g/mol. The molecular formula is C17H27N5. The van der Waals surface area contributed by atoms with E-state index >= 15 is 0 Å². The van der Waals surface area contributed by atoms with E-state index < -0.39 is 0 Å². The number of hydrogen-bond donors (Lipinski definition) is 1. The van der Waals surface area contributed by atoms with Crippen molar-refractivity contribution in [1.82, 2.24) is 20.1 Å². The maximum Gasteiger partial charge on any atom is 0.130 e. The second kappa shape index (κ2) is 6.92. The molecule has 0 saturated carbocycles. The van der Waals surface area contributed by atoms with Crippen LogP contribution in [0.2, 0.25) is 0 Å². The average Bonchev–Trinajstić information content (AvgIpc) is 2.82. The van der Waals surface area contributed by atoms with Crippen molar-refractivity contribution in [1.29, 1.82) is 0 Å². The molecule has 2 aromatic rings. The second-order valence-electron chi connectivity index (χ2n) is 6.22. The highest BCUT2D eigenvalue weighted by Crippen LogP contribution is 2.27. The van der Waals surface area contributed by atoms with Crippen molar-refractivity contribution in [3.8, 4) is 0 Å². The molecule has 0 fully saturated rings. The van der Waals surface area contributed by atoms with E-state index in [1.807, 2.05) is 30.1 Å². The zero-order valence-corrected chi connectivity index (χ0v) is 14.5. The van der Waals surface area contributed by atoms with Gasteiger partial charge in [-0.05, 0) is 25.0 Å². The first kappa shape index (κ1) is 16.5. The third kappa shape index (κ3) is 3.47. The lowest BCUT2D eigenvalue weighted by Gasteiger charge is -2.18. The lowest BCUT2D eigenvalue weighted by molar-refractivity contribution is 0.558. The predicted octanol–water partition coefficient (Wildman–Crippen LogP) is 2.86. The summed E-state index contributed by atoms with van der Waals surface area (Å²) in [6.07, 6.45) is 1.84. The van der Waals surface area contributed by atoms with Gasteiger partial charge in [0.1, 0.15) is 5.82 Å². The smallest absolute Gasteiger partial charge is 0.130 e. The van der Waals surface area contributed by atoms with Crippen molar-refractivity contribution in [2.24, 2.45) is 7.05 Å². The highest BCUT2D eigenvalue weighted by molar-refractivity contribution is 5.50. The predicted molar refractivity (Wildman–Crippen MR) is 91.1 cm³/mol. The Labute approximate surface area is 133 Å². The summed E-state index contributed by atoms with van der Waals surface area (Å²) >= 11 is 0. The Bertz CT molecular complexity index is 601. The normalized spacial score (nSPS) is 12.7. The molecule has 1 N–H and O–H groups in total. The van der Waals surface area contributed by atoms with Crippen LogP contribution >= 0.6 is 0 Å². The zero-order chi connectivity index (χ0) is 16.3. The molecule has 5 nitrogen and oxygen atoms in total. The van der Waals surface area contributed by atoms with Gasteiger partial charge >= 0.3 is 0 Å². The molecule has 2 heterocycles. The van der Waals surface area contributed by atoms with Crippen LogP contribution in [0.25, 0.3) is 0 Å². The van der Waals surface area contributed by atoms with Crippen molar-refractivity contribution in [2.75, 3.05) is 19.0 Å². The molecule has 0 amide bonds. The van der Waals surface area contributed by atoms with Crippen LogP contribution in [0.15, 0.2) is 24.4 Å². The Kier molecular flexibility index (Phi) is 5.19. The van der Waals surface area contributed by atoms with Crippen molar-refractivity contribution in [3.05, 3.63) is 41.3 Å². The van der Waals surface area contributed by atoms with E-state index in [0.717, 1.165) is 23.8 Å². The molecule has 0 aromatic carbocycles. The van der Waals surface area contributed by atoms with Crippen LogP contribution in [0.1, 0.15) is 49.7 Å². The molecule has 0 spiro atoms. The third-order valence-electron chi connectivity index (χ3n) is 3.83. The summed E-state index contributed by atoms with van der Waals surface area (Å²) in [5.74, 6) is 1.56. The Morgan fingerprint density at radius 3 is 2.50 bits per heavy atom. The molecule has 0 saturated heterocycles. The molecule has 5 heteroatoms. The van der Waals surface area contributed by atoms with Gasteiger partial charge in [0.15, 0.2) is 0 Å². The number of anilines is 1. The molecule has 0 aliphatic rings. The van der Waals surface area contributed by atoms with Crippen LogP contribution < -0.4 is 10.2 Å². The molecule has 2 rings (SSSR count). The van der Waals surface area contributed by atoms with E-state index in [4.69, 9.17) is 5.10 Å². The molecule has 0 aliphatic heterocycles. The van der Waals surface area contributed by atoms with Crippen LogP contribution in [-0.2, 0) is 13.6 Å². The van der Waals surface area contributed by atoms with Gasteiger partial charge in [0.2, 0.25) is 0 Å². The van der Waals surface area contributed by atoms with Gasteiger partial charge in [-0.15, -0.1) is 0 Å². The third-order valence-corrected chi connectivity index (χ3v) is 3.83. The monoisotopic (exact) mass is 301 g/mol. The summed E-state index contributed by atoms with van der Waals surface area (Å²) in [5.41, 5.74) is 3.49. The number of aromatic nitrogens is 3. The molecule has 2 aromatic heterocycles. The Morgan fingerprint density at radius 2 is 1.95 bits per heavy atom. The van der Waals surface area contributed by atoms with Gasteiger partial charge in [0, 0.05) is 45.5 Å². The van der Waals surface area contributed by atoms with Crippen LogP contribution in [-0.4, -0.2) is 28.9 Å². The number of nitrogens with one attached hydrogen (secondary N) is 1. The van der Waals surface area contributed by atoms with E-state index in [1.54, 1.807) is 0 Å². The standard InChI is InChI=1S/C17H27N5/c1-12(2)16-14(17(21(4)5)22(6)20-16)11-19-13(3)15-9-7-8-10-18-15/h7-10,12-13,19H,11H2,1-6H3/t13-/m0/s1. The molecule has 0 unspecified atom stereocenters. The molecule has 0 bridgehead atoms. The van der Waals surface area contributed by atoms with E-state index in [-0.39, 0.29) is 6.04 Å². The van der Waals surface area contributed by atoms with Crippen LogP contribution in [0.3, 0.4) is 0 Å². The number of rotatable bonds is 6. The highest BCUT2D eigenvalue weighted by atomic mass is 15.4. The van der Waals surface area contributed by atoms with Crippen LogP contribution in [0.5, 0.6) is 0 Å². The minimum atomic E-state index is 0.205. The molecule has 1 atom stereocenters. The number of pyridine rings is 1. The Balaban J connectivity index is 2.21. The fourth-order valence-electron chi connectivity index (χ4n) is 2.76. The highest BCUT2D eigenvalue weighted by Gasteiger charge is 2.20. The maximum atomic E-state index is 4.70. The summed E-state index contributed by atoms with van der Waals surface area (Å²) in [6.45, 7) is 7.30. The summed E-state index contributed by atoms with van der Waals surface area (Å²) in [6, 6.07) is 6.22. The van der Waals surface area contributed by atoms with E-state index in [0.29, 0.717) is 5.92 Å². The minimum Gasteiger partial charge on any atom is -0.363 e. The SMILES string of the molecule is CC(C)c1nn(C)c(N(C)C)c1CN[C@@H](C)c1ccccn1. The minimum absolute atomic E-state index is 0.205. The van der Waals surface area contributed by atoms with Crippen molar-refractivity contribution in [2.45, 2.75) is 39.3 Å². The maximum absolute atomic E-state index is 4.70. The van der Waals surface area contributed by atoms with Gasteiger partial charge in [-0.3, -0.25) is 9.67 Å². The first-order valence-corrected chi connectivity index (χ1v) is 7.79. The van der Waals surface area contributed by atoms with E-state index in [9.17, 15) is 0 Å². The Morgan fingerprint density at radius 1 is 1.23 bits per heavy atom. The van der Waals surface area contributed by atoms with E-state index in [2.05, 4.69) is 56.1 Å². The largest absolute Gasteiger partial charge is 0.363 e.